The highest BCUT2D eigenvalue weighted by molar-refractivity contribution is 7.99. The second kappa shape index (κ2) is 15.4. The van der Waals surface area contributed by atoms with Gasteiger partial charge in [-0.3, -0.25) is 14.2 Å². The number of thioether (sulfide) groups is 1. The Morgan fingerprint density at radius 1 is 0.980 bits per heavy atom. The zero-order valence-corrected chi connectivity index (χ0v) is 29.2. The molecule has 0 fully saturated rings. The average molecular weight is 697 g/mol. The Hall–Kier alpha value is -5.14. The second-order valence-corrected chi connectivity index (χ2v) is 13.0. The summed E-state index contributed by atoms with van der Waals surface area (Å²) in [4.78, 5) is 28.1. The minimum Gasteiger partial charge on any atom is -0.494 e. The summed E-state index contributed by atoms with van der Waals surface area (Å²) in [5.74, 6) is 1.81. The van der Waals surface area contributed by atoms with Crippen molar-refractivity contribution in [2.45, 2.75) is 38.0 Å². The van der Waals surface area contributed by atoms with Gasteiger partial charge >= 0.3 is 0 Å². The molecule has 3 heterocycles. The van der Waals surface area contributed by atoms with E-state index in [-0.39, 0.29) is 30.2 Å². The van der Waals surface area contributed by atoms with Gasteiger partial charge in [-0.15, -0.1) is 21.5 Å². The van der Waals surface area contributed by atoms with Gasteiger partial charge in [0.25, 0.3) is 11.8 Å². The maximum absolute atomic E-state index is 13.9. The SMILES string of the molecule is CCOc1ccc(-n2c(CNC(=O)c3ccc(OC)c(OC)c3)nnc2SCC(=O)N2N=C(c3cccs3)C[C@@H]2c2ccc(C)cc2)cc1. The molecule has 1 atom stereocenters. The van der Waals surface area contributed by atoms with Crippen LogP contribution in [0.1, 0.15) is 51.6 Å². The quantitative estimate of drug-likeness (QED) is 0.140. The third-order valence-electron chi connectivity index (χ3n) is 7.92. The van der Waals surface area contributed by atoms with Gasteiger partial charge in [0.05, 0.1) is 49.8 Å². The van der Waals surface area contributed by atoms with E-state index in [0.29, 0.717) is 41.1 Å². The summed E-state index contributed by atoms with van der Waals surface area (Å²) in [5.41, 5.74) is 4.24. The van der Waals surface area contributed by atoms with E-state index >= 15 is 0 Å². The minimum absolute atomic E-state index is 0.0801. The van der Waals surface area contributed by atoms with Crippen molar-refractivity contribution in [1.82, 2.24) is 25.1 Å². The molecule has 0 saturated carbocycles. The number of hydrogen-bond donors (Lipinski definition) is 1. The fraction of sp³-hybridized carbons (Fsp3) is 0.250. The summed E-state index contributed by atoms with van der Waals surface area (Å²) in [6.07, 6.45) is 0.631. The smallest absolute Gasteiger partial charge is 0.253 e. The van der Waals surface area contributed by atoms with Crippen LogP contribution in [0.3, 0.4) is 0 Å². The monoisotopic (exact) mass is 696 g/mol. The van der Waals surface area contributed by atoms with Crippen LogP contribution in [0.25, 0.3) is 5.69 Å². The van der Waals surface area contributed by atoms with Crippen molar-refractivity contribution >= 4 is 40.6 Å². The lowest BCUT2D eigenvalue weighted by atomic mass is 10.00. The number of hydrazone groups is 1. The third-order valence-corrected chi connectivity index (χ3v) is 9.75. The van der Waals surface area contributed by atoms with E-state index in [1.54, 1.807) is 34.5 Å². The van der Waals surface area contributed by atoms with Crippen LogP contribution < -0.4 is 19.5 Å². The van der Waals surface area contributed by atoms with E-state index in [0.717, 1.165) is 33.2 Å². The summed E-state index contributed by atoms with van der Waals surface area (Å²) >= 11 is 2.88. The number of amides is 2. The molecule has 11 nitrogen and oxygen atoms in total. The van der Waals surface area contributed by atoms with Crippen LogP contribution >= 0.6 is 23.1 Å². The lowest BCUT2D eigenvalue weighted by molar-refractivity contribution is -0.130. The molecule has 6 rings (SSSR count). The van der Waals surface area contributed by atoms with Gasteiger partial charge in [0.2, 0.25) is 0 Å². The first-order valence-electron chi connectivity index (χ1n) is 15.7. The van der Waals surface area contributed by atoms with Crippen molar-refractivity contribution in [3.63, 3.8) is 0 Å². The van der Waals surface area contributed by atoms with Crippen LogP contribution in [-0.2, 0) is 11.3 Å². The largest absolute Gasteiger partial charge is 0.494 e. The molecule has 2 aromatic heterocycles. The Morgan fingerprint density at radius 3 is 2.45 bits per heavy atom. The molecule has 1 aliphatic heterocycles. The lowest BCUT2D eigenvalue weighted by Crippen LogP contribution is -2.28. The highest BCUT2D eigenvalue weighted by Gasteiger charge is 2.33. The third kappa shape index (κ3) is 7.63. The van der Waals surface area contributed by atoms with Gasteiger partial charge in [0.15, 0.2) is 22.5 Å². The molecule has 0 spiro atoms. The first-order chi connectivity index (χ1) is 23.9. The van der Waals surface area contributed by atoms with Gasteiger partial charge in [-0.1, -0.05) is 47.7 Å². The topological polar surface area (TPSA) is 120 Å². The molecule has 252 valence electrons. The van der Waals surface area contributed by atoms with Gasteiger partial charge < -0.3 is 19.5 Å². The predicted octanol–water partition coefficient (Wildman–Crippen LogP) is 6.45. The van der Waals surface area contributed by atoms with E-state index in [9.17, 15) is 9.59 Å². The molecule has 0 radical (unpaired) electrons. The molecule has 0 unspecified atom stereocenters. The van der Waals surface area contributed by atoms with E-state index in [1.165, 1.54) is 26.0 Å². The average Bonchev–Trinajstić information content (AvgIpc) is 3.91. The Morgan fingerprint density at radius 2 is 1.76 bits per heavy atom. The van der Waals surface area contributed by atoms with Crippen LogP contribution in [0.15, 0.2) is 94.5 Å². The van der Waals surface area contributed by atoms with Gasteiger partial charge in [-0.2, -0.15) is 5.10 Å². The summed E-state index contributed by atoms with van der Waals surface area (Å²) < 4.78 is 18.1. The number of carbonyl (C=O) groups is 2. The molecule has 1 N–H and O–H groups in total. The molecular formula is C36H36N6O5S2. The molecule has 2 amide bonds. The molecule has 3 aromatic carbocycles. The van der Waals surface area contributed by atoms with Crippen LogP contribution in [0, 0.1) is 6.92 Å². The van der Waals surface area contributed by atoms with Crippen molar-refractivity contribution in [3.8, 4) is 22.9 Å². The molecule has 1 aliphatic rings. The number of ether oxygens (including phenoxy) is 3. The number of carbonyl (C=O) groups excluding carboxylic acids is 2. The van der Waals surface area contributed by atoms with E-state index < -0.39 is 0 Å². The number of aryl methyl sites for hydroxylation is 1. The van der Waals surface area contributed by atoms with Crippen molar-refractivity contribution in [2.75, 3.05) is 26.6 Å². The zero-order chi connectivity index (χ0) is 34.3. The number of rotatable bonds is 13. The summed E-state index contributed by atoms with van der Waals surface area (Å²) in [7, 11) is 3.06. The summed E-state index contributed by atoms with van der Waals surface area (Å²) in [5, 5.41) is 20.7. The highest BCUT2D eigenvalue weighted by atomic mass is 32.2. The predicted molar refractivity (Wildman–Crippen MR) is 190 cm³/mol. The first kappa shape index (κ1) is 33.7. The Labute approximate surface area is 292 Å². The molecule has 0 bridgehead atoms. The number of benzene rings is 3. The van der Waals surface area contributed by atoms with Crippen molar-refractivity contribution in [1.29, 1.82) is 0 Å². The fourth-order valence-corrected chi connectivity index (χ4v) is 6.98. The van der Waals surface area contributed by atoms with Crippen molar-refractivity contribution in [3.05, 3.63) is 112 Å². The molecule has 0 aliphatic carbocycles. The zero-order valence-electron chi connectivity index (χ0n) is 27.6. The van der Waals surface area contributed by atoms with Gasteiger partial charge in [-0.05, 0) is 73.3 Å². The maximum Gasteiger partial charge on any atom is 0.253 e. The number of hydrogen-bond acceptors (Lipinski definition) is 10. The molecule has 13 heteroatoms. The summed E-state index contributed by atoms with van der Waals surface area (Å²) in [6.45, 7) is 4.59. The van der Waals surface area contributed by atoms with E-state index in [4.69, 9.17) is 19.3 Å². The van der Waals surface area contributed by atoms with Gasteiger partial charge in [0, 0.05) is 17.7 Å². The number of nitrogens with one attached hydrogen (secondary N) is 1. The number of nitrogens with zero attached hydrogens (tertiary/aromatic N) is 5. The Balaban J connectivity index is 1.24. The van der Waals surface area contributed by atoms with Crippen LogP contribution in [0.4, 0.5) is 0 Å². The van der Waals surface area contributed by atoms with E-state index in [1.807, 2.05) is 60.2 Å². The van der Waals surface area contributed by atoms with Crippen LogP contribution in [0.2, 0.25) is 0 Å². The van der Waals surface area contributed by atoms with Crippen molar-refractivity contribution in [2.24, 2.45) is 5.10 Å². The number of methoxy groups -OCH3 is 2. The molecule has 0 saturated heterocycles. The normalized spacial score (nSPS) is 14.0. The van der Waals surface area contributed by atoms with E-state index in [2.05, 4.69) is 39.8 Å². The van der Waals surface area contributed by atoms with Crippen LogP contribution in [0.5, 0.6) is 17.2 Å². The number of thiophene rings is 1. The molecule has 5 aromatic rings. The van der Waals surface area contributed by atoms with Crippen LogP contribution in [-0.4, -0.2) is 63.9 Å². The molecular weight excluding hydrogens is 661 g/mol. The number of aromatic nitrogens is 3. The second-order valence-electron chi connectivity index (χ2n) is 11.1. The lowest BCUT2D eigenvalue weighted by Gasteiger charge is -2.22. The first-order valence-corrected chi connectivity index (χ1v) is 17.6. The fourth-order valence-electron chi connectivity index (χ4n) is 5.44. The summed E-state index contributed by atoms with van der Waals surface area (Å²) in [6, 6.07) is 24.5. The Bertz CT molecular complexity index is 1940. The van der Waals surface area contributed by atoms with Gasteiger partial charge in [-0.25, -0.2) is 5.01 Å². The molecule has 49 heavy (non-hydrogen) atoms. The maximum atomic E-state index is 13.9. The Kier molecular flexibility index (Phi) is 10.6. The van der Waals surface area contributed by atoms with Crippen molar-refractivity contribution < 1.29 is 23.8 Å². The van der Waals surface area contributed by atoms with Gasteiger partial charge in [0.1, 0.15) is 5.75 Å². The standard InChI is InChI=1S/C36H36N6O5S2/c1-5-47-27-15-13-26(14-16-27)41-33(21-37-35(44)25-12-17-30(45-3)31(19-25)46-4)38-39-36(41)49-22-34(43)42-29(24-10-8-23(2)9-11-24)20-28(40-42)32-7-6-18-48-32/h6-19,29H,5,20-22H2,1-4H3,(H,37,44)/t29-/m1/s1. The highest BCUT2D eigenvalue weighted by Crippen LogP contribution is 2.35. The minimum atomic E-state index is -0.317.